The molecule has 4 nitrogen and oxygen atoms in total. The van der Waals surface area contributed by atoms with Crippen LogP contribution in [0.5, 0.6) is 0 Å². The molecule has 0 radical (unpaired) electrons. The predicted octanol–water partition coefficient (Wildman–Crippen LogP) is 4.53. The summed E-state index contributed by atoms with van der Waals surface area (Å²) in [6.45, 7) is 1.94. The minimum atomic E-state index is -4.55. The van der Waals surface area contributed by atoms with E-state index in [4.69, 9.17) is 0 Å². The quantitative estimate of drug-likeness (QED) is 0.736. The molecule has 8 heteroatoms. The largest absolute Gasteiger partial charge is 0.435 e. The van der Waals surface area contributed by atoms with E-state index in [1.54, 1.807) is 0 Å². The highest BCUT2D eigenvalue weighted by Gasteiger charge is 2.37. The average molecular weight is 367 g/mol. The molecule has 3 aromatic rings. The number of nitrogens with zero attached hydrogens (tertiary/aromatic N) is 2. The van der Waals surface area contributed by atoms with Gasteiger partial charge in [0.25, 0.3) is 5.91 Å². The fraction of sp³-hybridized carbons (Fsp3) is 0.294. The molecular weight excluding hydrogens is 351 g/mol. The molecule has 1 atom stereocenters. The Labute approximate surface area is 146 Å². The van der Waals surface area contributed by atoms with E-state index in [9.17, 15) is 18.0 Å². The molecule has 0 saturated heterocycles. The van der Waals surface area contributed by atoms with Crippen LogP contribution in [-0.2, 0) is 13.2 Å². The molecule has 0 fully saturated rings. The molecule has 0 saturated carbocycles. The lowest BCUT2D eigenvalue weighted by molar-refractivity contribution is -0.140. The topological polar surface area (TPSA) is 46.9 Å². The van der Waals surface area contributed by atoms with Crippen molar-refractivity contribution >= 4 is 27.5 Å². The number of thiophene rings is 1. The van der Waals surface area contributed by atoms with E-state index in [1.165, 1.54) is 13.1 Å². The van der Waals surface area contributed by atoms with Crippen LogP contribution < -0.4 is 5.32 Å². The highest BCUT2D eigenvalue weighted by Crippen LogP contribution is 2.37. The average Bonchev–Trinajstić information content (AvgIpc) is 3.13. The summed E-state index contributed by atoms with van der Waals surface area (Å²) < 4.78 is 40.3. The maximum atomic E-state index is 13.1. The lowest BCUT2D eigenvalue weighted by Crippen LogP contribution is -2.27. The summed E-state index contributed by atoms with van der Waals surface area (Å²) in [5.74, 6) is -0.384. The molecule has 3 rings (SSSR count). The SMILES string of the molecule is CC[C@H](NC(=O)c1cc2c(C(F)(F)F)nn(C)c2s1)c1ccccc1. The molecule has 0 bridgehead atoms. The van der Waals surface area contributed by atoms with E-state index in [-0.39, 0.29) is 22.2 Å². The van der Waals surface area contributed by atoms with Gasteiger partial charge in [-0.25, -0.2) is 0 Å². The highest BCUT2D eigenvalue weighted by molar-refractivity contribution is 7.20. The molecule has 0 unspecified atom stereocenters. The number of hydrogen-bond acceptors (Lipinski definition) is 3. The van der Waals surface area contributed by atoms with Crippen molar-refractivity contribution in [2.45, 2.75) is 25.6 Å². The second-order valence-electron chi connectivity index (χ2n) is 5.64. The van der Waals surface area contributed by atoms with Crippen LogP contribution in [0.1, 0.15) is 40.3 Å². The normalized spacial score (nSPS) is 13.2. The maximum absolute atomic E-state index is 13.1. The number of amides is 1. The number of fused-ring (bicyclic) bond motifs is 1. The molecule has 1 aromatic carbocycles. The summed E-state index contributed by atoms with van der Waals surface area (Å²) in [4.78, 5) is 13.1. The van der Waals surface area contributed by atoms with Gasteiger partial charge in [0.2, 0.25) is 0 Å². The molecule has 2 heterocycles. The van der Waals surface area contributed by atoms with Crippen LogP contribution in [0.25, 0.3) is 10.2 Å². The first kappa shape index (κ1) is 17.5. The zero-order valence-corrected chi connectivity index (χ0v) is 14.4. The molecular formula is C17H16F3N3OS. The zero-order valence-electron chi connectivity index (χ0n) is 13.6. The van der Waals surface area contributed by atoms with E-state index in [1.807, 2.05) is 37.3 Å². The van der Waals surface area contributed by atoms with Crippen molar-refractivity contribution < 1.29 is 18.0 Å². The third-order valence-corrected chi connectivity index (χ3v) is 5.12. The predicted molar refractivity (Wildman–Crippen MR) is 90.5 cm³/mol. The van der Waals surface area contributed by atoms with Crippen molar-refractivity contribution in [2.75, 3.05) is 0 Å². The number of hydrogen-bond donors (Lipinski definition) is 1. The van der Waals surface area contributed by atoms with Gasteiger partial charge in [-0.2, -0.15) is 18.3 Å². The Kier molecular flexibility index (Phi) is 4.55. The second-order valence-corrected chi connectivity index (χ2v) is 6.68. The van der Waals surface area contributed by atoms with Crippen molar-refractivity contribution in [1.82, 2.24) is 15.1 Å². The van der Waals surface area contributed by atoms with Crippen molar-refractivity contribution in [3.05, 3.63) is 52.5 Å². The van der Waals surface area contributed by atoms with E-state index in [0.717, 1.165) is 21.6 Å². The van der Waals surface area contributed by atoms with Crippen LogP contribution in [0.4, 0.5) is 13.2 Å². The minimum Gasteiger partial charge on any atom is -0.345 e. The lowest BCUT2D eigenvalue weighted by Gasteiger charge is -2.16. The summed E-state index contributed by atoms with van der Waals surface area (Å²) in [6, 6.07) is 10.5. The minimum absolute atomic E-state index is 0.0436. The zero-order chi connectivity index (χ0) is 18.2. The third-order valence-electron chi connectivity index (χ3n) is 3.92. The van der Waals surface area contributed by atoms with Crippen LogP contribution in [-0.4, -0.2) is 15.7 Å². The molecule has 0 aliphatic rings. The fourth-order valence-electron chi connectivity index (χ4n) is 2.70. The molecule has 1 N–H and O–H groups in total. The number of carbonyl (C=O) groups excluding carboxylic acids is 1. The van der Waals surface area contributed by atoms with Crippen LogP contribution in [0.2, 0.25) is 0 Å². The van der Waals surface area contributed by atoms with Gasteiger partial charge in [0.15, 0.2) is 5.69 Å². The molecule has 0 aliphatic heterocycles. The van der Waals surface area contributed by atoms with Gasteiger partial charge in [-0.3, -0.25) is 9.48 Å². The van der Waals surface area contributed by atoms with E-state index < -0.39 is 11.9 Å². The van der Waals surface area contributed by atoms with Crippen LogP contribution >= 0.6 is 11.3 Å². The molecule has 0 spiro atoms. The number of rotatable bonds is 4. The van der Waals surface area contributed by atoms with Crippen molar-refractivity contribution in [2.24, 2.45) is 7.05 Å². The van der Waals surface area contributed by atoms with E-state index in [0.29, 0.717) is 11.3 Å². The Balaban J connectivity index is 1.90. The first-order valence-electron chi connectivity index (χ1n) is 7.70. The number of benzene rings is 1. The first-order valence-corrected chi connectivity index (χ1v) is 8.52. The van der Waals surface area contributed by atoms with Crippen molar-refractivity contribution in [3.8, 4) is 0 Å². The Morgan fingerprint density at radius 1 is 1.32 bits per heavy atom. The van der Waals surface area contributed by atoms with E-state index in [2.05, 4.69) is 10.4 Å². The number of halogens is 3. The smallest absolute Gasteiger partial charge is 0.345 e. The fourth-order valence-corrected chi connectivity index (χ4v) is 3.67. The Morgan fingerprint density at radius 3 is 2.60 bits per heavy atom. The van der Waals surface area contributed by atoms with Crippen LogP contribution in [0.15, 0.2) is 36.4 Å². The number of carbonyl (C=O) groups is 1. The maximum Gasteiger partial charge on any atom is 0.435 e. The Morgan fingerprint density at radius 2 is 2.00 bits per heavy atom. The molecule has 25 heavy (non-hydrogen) atoms. The van der Waals surface area contributed by atoms with E-state index >= 15 is 0 Å². The molecule has 0 aliphatic carbocycles. The summed E-state index contributed by atoms with van der Waals surface area (Å²) in [5, 5.41) is 6.36. The number of aromatic nitrogens is 2. The summed E-state index contributed by atoms with van der Waals surface area (Å²) in [5.41, 5.74) is -0.00694. The summed E-state index contributed by atoms with van der Waals surface area (Å²) in [6.07, 6.45) is -3.87. The van der Waals surface area contributed by atoms with Gasteiger partial charge >= 0.3 is 6.18 Å². The van der Waals surface area contributed by atoms with Gasteiger partial charge < -0.3 is 5.32 Å². The second kappa shape index (κ2) is 6.51. The Hall–Kier alpha value is -2.35. The van der Waals surface area contributed by atoms with Crippen molar-refractivity contribution in [1.29, 1.82) is 0 Å². The third kappa shape index (κ3) is 3.39. The van der Waals surface area contributed by atoms with Crippen LogP contribution in [0, 0.1) is 0 Å². The van der Waals surface area contributed by atoms with Crippen LogP contribution in [0.3, 0.4) is 0 Å². The van der Waals surface area contributed by atoms with Gasteiger partial charge in [0.05, 0.1) is 10.9 Å². The lowest BCUT2D eigenvalue weighted by atomic mass is 10.0. The number of nitrogens with one attached hydrogen (secondary N) is 1. The van der Waals surface area contributed by atoms with Gasteiger partial charge in [-0.1, -0.05) is 37.3 Å². The number of alkyl halides is 3. The standard InChI is InChI=1S/C17H16F3N3OS/c1-3-12(10-7-5-4-6-8-10)21-15(24)13-9-11-14(17(18,19)20)22-23(2)16(11)25-13/h4-9,12H,3H2,1-2H3,(H,21,24)/t12-/m0/s1. The molecule has 2 aromatic heterocycles. The van der Waals surface area contributed by atoms with Gasteiger partial charge in [-0.05, 0) is 18.1 Å². The summed E-state index contributed by atoms with van der Waals surface area (Å²) >= 11 is 1.01. The van der Waals surface area contributed by atoms with Gasteiger partial charge in [-0.15, -0.1) is 11.3 Å². The van der Waals surface area contributed by atoms with Gasteiger partial charge in [0, 0.05) is 12.4 Å². The number of aryl methyl sites for hydroxylation is 1. The molecule has 132 valence electrons. The molecule has 1 amide bonds. The monoisotopic (exact) mass is 367 g/mol. The van der Waals surface area contributed by atoms with Crippen molar-refractivity contribution in [3.63, 3.8) is 0 Å². The highest BCUT2D eigenvalue weighted by atomic mass is 32.1. The Bertz CT molecular complexity index is 899. The summed E-state index contributed by atoms with van der Waals surface area (Å²) in [7, 11) is 1.44. The van der Waals surface area contributed by atoms with Gasteiger partial charge in [0.1, 0.15) is 4.83 Å². The first-order chi connectivity index (χ1) is 11.8.